The van der Waals surface area contributed by atoms with Gasteiger partial charge in [0.2, 0.25) is 10.0 Å². The van der Waals surface area contributed by atoms with Gasteiger partial charge in [0, 0.05) is 43.0 Å². The van der Waals surface area contributed by atoms with E-state index in [1.807, 2.05) is 11.8 Å². The second-order valence-electron chi connectivity index (χ2n) is 7.52. The second-order valence-corrected chi connectivity index (χ2v) is 10.3. The molecule has 2 heterocycles. The highest BCUT2D eigenvalue weighted by Gasteiger charge is 2.34. The molecular weight excluding hydrogens is 500 g/mol. The van der Waals surface area contributed by atoms with E-state index in [9.17, 15) is 21.6 Å². The number of rotatable bonds is 4. The van der Waals surface area contributed by atoms with Gasteiger partial charge in [-0.15, -0.1) is 0 Å². The molecule has 0 saturated carbocycles. The van der Waals surface area contributed by atoms with Crippen molar-refractivity contribution in [2.24, 2.45) is 0 Å². The van der Waals surface area contributed by atoms with E-state index in [0.717, 1.165) is 12.1 Å². The minimum Gasteiger partial charge on any atom is -0.353 e. The van der Waals surface area contributed by atoms with Crippen LogP contribution in [0.5, 0.6) is 0 Å². The van der Waals surface area contributed by atoms with Crippen LogP contribution in [0, 0.1) is 0 Å². The summed E-state index contributed by atoms with van der Waals surface area (Å²) >= 11 is 12.5. The Morgan fingerprint density at radius 2 is 1.73 bits per heavy atom. The molecule has 1 aliphatic rings. The van der Waals surface area contributed by atoms with Gasteiger partial charge in [0.1, 0.15) is 11.6 Å². The molecule has 33 heavy (non-hydrogen) atoms. The number of piperazine rings is 1. The molecule has 0 amide bonds. The maximum absolute atomic E-state index is 13.0. The highest BCUT2D eigenvalue weighted by atomic mass is 35.5. The summed E-state index contributed by atoms with van der Waals surface area (Å²) in [6, 6.07) is 7.09. The Balaban J connectivity index is 1.62. The third kappa shape index (κ3) is 4.75. The second kappa shape index (κ2) is 8.90. The van der Waals surface area contributed by atoms with Gasteiger partial charge < -0.3 is 4.90 Å². The summed E-state index contributed by atoms with van der Waals surface area (Å²) in [7, 11) is -4.09. The summed E-state index contributed by atoms with van der Waals surface area (Å²) in [4.78, 5) is 10.6. The molecule has 0 unspecified atom stereocenters. The van der Waals surface area contributed by atoms with Crippen molar-refractivity contribution in [2.75, 3.05) is 31.1 Å². The third-order valence-electron chi connectivity index (χ3n) is 5.40. The number of hydrogen-bond donors (Lipinski definition) is 0. The van der Waals surface area contributed by atoms with Crippen LogP contribution in [0.15, 0.2) is 41.3 Å². The van der Waals surface area contributed by atoms with Crippen LogP contribution in [0.25, 0.3) is 10.9 Å². The Kier molecular flexibility index (Phi) is 6.47. The standard InChI is InChI=1S/C21H19Cl2F3N4O2S/c1-2-18-27-19-16(11-14(22)12-17(19)23)20(28-18)29-6-8-30(9-7-29)33(31,32)15-5-3-4-13(10-15)21(24,25)26/h3-5,10-12H,2,6-9H2,1H3. The number of anilines is 1. The van der Waals surface area contributed by atoms with E-state index in [1.165, 1.54) is 10.4 Å². The lowest BCUT2D eigenvalue weighted by Gasteiger charge is -2.35. The topological polar surface area (TPSA) is 66.4 Å². The van der Waals surface area contributed by atoms with Gasteiger partial charge in [-0.3, -0.25) is 0 Å². The zero-order chi connectivity index (χ0) is 24.0. The maximum Gasteiger partial charge on any atom is 0.416 e. The number of fused-ring (bicyclic) bond motifs is 1. The SMILES string of the molecule is CCc1nc(N2CCN(S(=O)(=O)c3cccc(C(F)(F)F)c3)CC2)c2cc(Cl)cc(Cl)c2n1. The molecule has 6 nitrogen and oxygen atoms in total. The zero-order valence-electron chi connectivity index (χ0n) is 17.4. The predicted molar refractivity (Wildman–Crippen MR) is 121 cm³/mol. The lowest BCUT2D eigenvalue weighted by Crippen LogP contribution is -2.49. The van der Waals surface area contributed by atoms with Crippen molar-refractivity contribution < 1.29 is 21.6 Å². The first-order valence-corrected chi connectivity index (χ1v) is 12.3. The Labute approximate surface area is 199 Å². The first kappa shape index (κ1) is 24.0. The summed E-state index contributed by atoms with van der Waals surface area (Å²) in [5.74, 6) is 1.18. The lowest BCUT2D eigenvalue weighted by atomic mass is 10.2. The average Bonchev–Trinajstić information content (AvgIpc) is 2.78. The minimum absolute atomic E-state index is 0.0832. The third-order valence-corrected chi connectivity index (χ3v) is 7.80. The van der Waals surface area contributed by atoms with E-state index in [1.54, 1.807) is 12.1 Å². The molecule has 0 atom stereocenters. The molecule has 1 aliphatic heterocycles. The molecule has 1 fully saturated rings. The van der Waals surface area contributed by atoms with Gasteiger partial charge in [0.15, 0.2) is 0 Å². The van der Waals surface area contributed by atoms with Gasteiger partial charge in [-0.2, -0.15) is 17.5 Å². The van der Waals surface area contributed by atoms with E-state index in [2.05, 4.69) is 9.97 Å². The van der Waals surface area contributed by atoms with Crippen LogP contribution in [-0.4, -0.2) is 48.9 Å². The molecule has 1 aromatic heterocycles. The van der Waals surface area contributed by atoms with Gasteiger partial charge in [0.25, 0.3) is 0 Å². The van der Waals surface area contributed by atoms with Crippen molar-refractivity contribution in [3.05, 3.63) is 57.8 Å². The molecule has 3 aromatic rings. The van der Waals surface area contributed by atoms with Crippen molar-refractivity contribution in [3.8, 4) is 0 Å². The highest BCUT2D eigenvalue weighted by molar-refractivity contribution is 7.89. The fourth-order valence-corrected chi connectivity index (χ4v) is 5.71. The number of halogens is 5. The predicted octanol–water partition coefficient (Wildman–Crippen LogP) is 5.03. The Morgan fingerprint density at radius 3 is 2.36 bits per heavy atom. The molecule has 2 aromatic carbocycles. The molecule has 0 radical (unpaired) electrons. The van der Waals surface area contributed by atoms with Crippen molar-refractivity contribution in [1.29, 1.82) is 0 Å². The van der Waals surface area contributed by atoms with Crippen LogP contribution in [-0.2, 0) is 22.6 Å². The first-order chi connectivity index (χ1) is 15.5. The summed E-state index contributed by atoms with van der Waals surface area (Å²) in [6.45, 7) is 2.66. The number of aromatic nitrogens is 2. The zero-order valence-corrected chi connectivity index (χ0v) is 19.7. The monoisotopic (exact) mass is 518 g/mol. The van der Waals surface area contributed by atoms with Crippen LogP contribution < -0.4 is 4.90 Å². The largest absolute Gasteiger partial charge is 0.416 e. The van der Waals surface area contributed by atoms with Gasteiger partial charge in [-0.1, -0.05) is 36.2 Å². The van der Waals surface area contributed by atoms with Gasteiger partial charge in [-0.25, -0.2) is 18.4 Å². The number of hydrogen-bond acceptors (Lipinski definition) is 5. The number of alkyl halides is 3. The molecule has 4 rings (SSSR count). The molecule has 176 valence electrons. The van der Waals surface area contributed by atoms with Crippen LogP contribution in [0.2, 0.25) is 10.0 Å². The summed E-state index contributed by atoms with van der Waals surface area (Å²) in [5, 5.41) is 1.47. The fourth-order valence-electron chi connectivity index (χ4n) is 3.71. The molecule has 0 bridgehead atoms. The summed E-state index contributed by atoms with van der Waals surface area (Å²) < 4.78 is 66.3. The van der Waals surface area contributed by atoms with Crippen LogP contribution >= 0.6 is 23.2 Å². The summed E-state index contributed by atoms with van der Waals surface area (Å²) in [5.41, 5.74) is -0.447. The summed E-state index contributed by atoms with van der Waals surface area (Å²) in [6.07, 6.45) is -4.05. The molecule has 0 N–H and O–H groups in total. The average molecular weight is 519 g/mol. The Morgan fingerprint density at radius 1 is 1.03 bits per heavy atom. The van der Waals surface area contributed by atoms with Crippen LogP contribution in [0.1, 0.15) is 18.3 Å². The Bertz CT molecular complexity index is 1310. The number of sulfonamides is 1. The van der Waals surface area contributed by atoms with Crippen LogP contribution in [0.3, 0.4) is 0 Å². The van der Waals surface area contributed by atoms with Gasteiger partial charge in [-0.05, 0) is 30.3 Å². The van der Waals surface area contributed by atoms with Gasteiger partial charge >= 0.3 is 6.18 Å². The normalized spacial score (nSPS) is 15.9. The van der Waals surface area contributed by atoms with E-state index in [4.69, 9.17) is 23.2 Å². The van der Waals surface area contributed by atoms with Crippen molar-refractivity contribution in [2.45, 2.75) is 24.4 Å². The van der Waals surface area contributed by atoms with Gasteiger partial charge in [0.05, 0.1) is 21.0 Å². The smallest absolute Gasteiger partial charge is 0.353 e. The van der Waals surface area contributed by atoms with E-state index < -0.39 is 21.8 Å². The fraction of sp³-hybridized carbons (Fsp3) is 0.333. The number of benzene rings is 2. The molecule has 0 spiro atoms. The molecule has 0 aliphatic carbocycles. The van der Waals surface area contributed by atoms with E-state index >= 15 is 0 Å². The molecule has 12 heteroatoms. The Hall–Kier alpha value is -2.14. The first-order valence-electron chi connectivity index (χ1n) is 10.1. The number of nitrogens with zero attached hydrogens (tertiary/aromatic N) is 4. The quantitative estimate of drug-likeness (QED) is 0.484. The van der Waals surface area contributed by atoms with E-state index in [0.29, 0.717) is 45.1 Å². The molecule has 1 saturated heterocycles. The van der Waals surface area contributed by atoms with Crippen molar-refractivity contribution in [3.63, 3.8) is 0 Å². The van der Waals surface area contributed by atoms with Crippen LogP contribution in [0.4, 0.5) is 19.0 Å². The number of aryl methyl sites for hydroxylation is 1. The van der Waals surface area contributed by atoms with E-state index in [-0.39, 0.29) is 31.1 Å². The van der Waals surface area contributed by atoms with Crippen molar-refractivity contribution >= 4 is 49.9 Å². The minimum atomic E-state index is -4.63. The molecular formula is C21H19Cl2F3N4O2S. The maximum atomic E-state index is 13.0. The highest BCUT2D eigenvalue weighted by Crippen LogP contribution is 2.34. The lowest BCUT2D eigenvalue weighted by molar-refractivity contribution is -0.137. The van der Waals surface area contributed by atoms with Crippen molar-refractivity contribution in [1.82, 2.24) is 14.3 Å².